The Morgan fingerprint density at radius 2 is 2.25 bits per heavy atom. The third kappa shape index (κ3) is 2.74. The molecule has 2 aromatic rings. The molecule has 1 aromatic heterocycles. The van der Waals surface area contributed by atoms with E-state index in [1.165, 1.54) is 18.4 Å². The molecule has 0 fully saturated rings. The summed E-state index contributed by atoms with van der Waals surface area (Å²) in [5.74, 6) is 0.128. The predicted molar refractivity (Wildman–Crippen MR) is 60.2 cm³/mol. The lowest BCUT2D eigenvalue weighted by Gasteiger charge is -2.01. The quantitative estimate of drug-likeness (QED) is 0.801. The van der Waals surface area contributed by atoms with E-state index in [9.17, 15) is 4.39 Å². The van der Waals surface area contributed by atoms with Crippen molar-refractivity contribution in [2.75, 3.05) is 0 Å². The Hall–Kier alpha value is -1.07. The summed E-state index contributed by atoms with van der Waals surface area (Å²) >= 11 is 8.70. The van der Waals surface area contributed by atoms with Gasteiger partial charge in [-0.15, -0.1) is 11.6 Å². The fraction of sp³-hybridized carbons (Fsp3) is 0.100. The van der Waals surface area contributed by atoms with E-state index < -0.39 is 5.82 Å². The topological polar surface area (TPSA) is 35.3 Å². The second-order valence-electron chi connectivity index (χ2n) is 2.95. The van der Waals surface area contributed by atoms with Crippen LogP contribution in [0.1, 0.15) is 5.69 Å². The van der Waals surface area contributed by atoms with Crippen molar-refractivity contribution in [1.29, 1.82) is 0 Å². The summed E-state index contributed by atoms with van der Waals surface area (Å²) in [6, 6.07) is 4.16. The van der Waals surface area contributed by atoms with Crippen LogP contribution in [0.25, 0.3) is 0 Å². The number of aromatic nitrogens is 1. The Morgan fingerprint density at radius 1 is 1.44 bits per heavy atom. The summed E-state index contributed by atoms with van der Waals surface area (Å²) in [5.41, 5.74) is 0.562. The summed E-state index contributed by atoms with van der Waals surface area (Å²) in [6.45, 7) is 0. The molecule has 0 radical (unpaired) electrons. The molecule has 0 saturated heterocycles. The van der Waals surface area contributed by atoms with Crippen LogP contribution in [0, 0.1) is 5.82 Å². The summed E-state index contributed by atoms with van der Waals surface area (Å²) in [6.07, 6.45) is 1.42. The second-order valence-corrected chi connectivity index (χ2v) is 4.13. The van der Waals surface area contributed by atoms with Crippen molar-refractivity contribution in [3.8, 4) is 11.8 Å². The fourth-order valence-electron chi connectivity index (χ4n) is 1.08. The van der Waals surface area contributed by atoms with E-state index in [2.05, 4.69) is 20.9 Å². The molecule has 0 amide bonds. The van der Waals surface area contributed by atoms with Gasteiger partial charge >= 0.3 is 6.08 Å². The van der Waals surface area contributed by atoms with Crippen molar-refractivity contribution in [1.82, 2.24) is 4.98 Å². The van der Waals surface area contributed by atoms with Gasteiger partial charge in [-0.05, 0) is 12.1 Å². The molecular formula is C10H6BrClFNO2. The largest absolute Gasteiger partial charge is 0.417 e. The molecule has 0 spiro atoms. The predicted octanol–water partition coefficient (Wildman–Crippen LogP) is 4.11. The Labute approximate surface area is 104 Å². The molecule has 0 saturated carbocycles. The maximum atomic E-state index is 13.0. The van der Waals surface area contributed by atoms with Gasteiger partial charge in [0.25, 0.3) is 0 Å². The number of hydrogen-bond donors (Lipinski definition) is 0. The van der Waals surface area contributed by atoms with Crippen LogP contribution in [-0.2, 0) is 5.88 Å². The van der Waals surface area contributed by atoms with Crippen LogP contribution in [-0.4, -0.2) is 4.98 Å². The van der Waals surface area contributed by atoms with Gasteiger partial charge in [0.1, 0.15) is 17.8 Å². The molecule has 0 aliphatic heterocycles. The zero-order valence-corrected chi connectivity index (χ0v) is 10.3. The van der Waals surface area contributed by atoms with Crippen molar-refractivity contribution < 1.29 is 13.5 Å². The highest BCUT2D eigenvalue weighted by atomic mass is 79.9. The van der Waals surface area contributed by atoms with Gasteiger partial charge in [-0.3, -0.25) is 0 Å². The molecule has 1 aromatic carbocycles. The molecule has 2 rings (SSSR count). The van der Waals surface area contributed by atoms with Crippen LogP contribution < -0.4 is 4.74 Å². The van der Waals surface area contributed by atoms with Crippen molar-refractivity contribution >= 4 is 27.5 Å². The van der Waals surface area contributed by atoms with Crippen molar-refractivity contribution in [3.05, 3.63) is 40.4 Å². The first kappa shape index (κ1) is 11.4. The van der Waals surface area contributed by atoms with Crippen molar-refractivity contribution in [3.63, 3.8) is 0 Å². The van der Waals surface area contributed by atoms with E-state index in [4.69, 9.17) is 20.8 Å². The molecule has 84 valence electrons. The third-order valence-corrected chi connectivity index (χ3v) is 2.44. The third-order valence-electron chi connectivity index (χ3n) is 1.71. The number of benzene rings is 1. The van der Waals surface area contributed by atoms with Gasteiger partial charge in [0, 0.05) is 10.5 Å². The number of halogens is 3. The zero-order chi connectivity index (χ0) is 11.5. The van der Waals surface area contributed by atoms with Crippen LogP contribution in [0.5, 0.6) is 11.8 Å². The normalized spacial score (nSPS) is 10.4. The van der Waals surface area contributed by atoms with Crippen molar-refractivity contribution in [2.24, 2.45) is 0 Å². The Bertz CT molecular complexity index is 483. The fourth-order valence-corrected chi connectivity index (χ4v) is 1.65. The van der Waals surface area contributed by atoms with E-state index >= 15 is 0 Å². The maximum Gasteiger partial charge on any atom is 0.399 e. The SMILES string of the molecule is Fc1cc(Br)cc(Oc2nc(CCl)co2)c1. The molecule has 1 heterocycles. The first-order valence-corrected chi connectivity index (χ1v) is 5.64. The Kier molecular flexibility index (Phi) is 3.46. The van der Waals surface area contributed by atoms with Crippen LogP contribution in [0.4, 0.5) is 4.39 Å². The maximum absolute atomic E-state index is 13.0. The van der Waals surface area contributed by atoms with Crippen LogP contribution in [0.15, 0.2) is 33.4 Å². The minimum Gasteiger partial charge on any atom is -0.417 e. The number of alkyl halides is 1. The molecule has 3 nitrogen and oxygen atoms in total. The number of oxazole rings is 1. The highest BCUT2D eigenvalue weighted by molar-refractivity contribution is 9.10. The van der Waals surface area contributed by atoms with Crippen LogP contribution in [0.3, 0.4) is 0 Å². The number of ether oxygens (including phenoxy) is 1. The molecule has 0 N–H and O–H groups in total. The number of nitrogens with zero attached hydrogens (tertiary/aromatic N) is 1. The first-order chi connectivity index (χ1) is 7.67. The minimum atomic E-state index is -0.409. The van der Waals surface area contributed by atoms with Gasteiger partial charge in [-0.25, -0.2) is 4.39 Å². The second kappa shape index (κ2) is 4.84. The van der Waals surface area contributed by atoms with Gasteiger partial charge in [0.2, 0.25) is 0 Å². The molecule has 0 atom stereocenters. The average molecular weight is 307 g/mol. The van der Waals surface area contributed by atoms with Crippen LogP contribution in [0.2, 0.25) is 0 Å². The number of rotatable bonds is 3. The van der Waals surface area contributed by atoms with Gasteiger partial charge in [0.15, 0.2) is 0 Å². The van der Waals surface area contributed by atoms with E-state index in [1.54, 1.807) is 6.07 Å². The Balaban J connectivity index is 2.19. The lowest BCUT2D eigenvalue weighted by Crippen LogP contribution is -1.86. The summed E-state index contributed by atoms with van der Waals surface area (Å²) in [7, 11) is 0. The molecule has 0 aliphatic carbocycles. The minimum absolute atomic E-state index is 0.0353. The average Bonchev–Trinajstić information content (AvgIpc) is 2.64. The highest BCUT2D eigenvalue weighted by Gasteiger charge is 2.07. The summed E-state index contributed by atoms with van der Waals surface area (Å²) in [5, 5.41) is 0. The Morgan fingerprint density at radius 3 is 2.88 bits per heavy atom. The van der Waals surface area contributed by atoms with Crippen LogP contribution >= 0.6 is 27.5 Å². The van der Waals surface area contributed by atoms with Gasteiger partial charge in [-0.1, -0.05) is 15.9 Å². The van der Waals surface area contributed by atoms with E-state index in [-0.39, 0.29) is 12.0 Å². The summed E-state index contributed by atoms with van der Waals surface area (Å²) < 4.78 is 23.8. The molecule has 6 heteroatoms. The zero-order valence-electron chi connectivity index (χ0n) is 7.91. The molecule has 0 unspecified atom stereocenters. The van der Waals surface area contributed by atoms with E-state index in [1.807, 2.05) is 0 Å². The lowest BCUT2D eigenvalue weighted by atomic mass is 10.3. The van der Waals surface area contributed by atoms with E-state index in [0.29, 0.717) is 15.9 Å². The van der Waals surface area contributed by atoms with E-state index in [0.717, 1.165) is 0 Å². The highest BCUT2D eigenvalue weighted by Crippen LogP contribution is 2.25. The molecular weight excluding hydrogens is 300 g/mol. The van der Waals surface area contributed by atoms with Crippen molar-refractivity contribution in [2.45, 2.75) is 5.88 Å². The van der Waals surface area contributed by atoms with Gasteiger partial charge < -0.3 is 9.15 Å². The molecule has 0 bridgehead atoms. The molecule has 0 aliphatic rings. The van der Waals surface area contributed by atoms with Gasteiger partial charge in [0.05, 0.1) is 11.6 Å². The smallest absolute Gasteiger partial charge is 0.399 e. The first-order valence-electron chi connectivity index (χ1n) is 4.31. The molecule has 16 heavy (non-hydrogen) atoms. The standard InChI is InChI=1S/C10H6BrClFNO2/c11-6-1-7(13)3-9(2-6)16-10-14-8(4-12)5-15-10/h1-3,5H,4H2. The summed E-state index contributed by atoms with van der Waals surface area (Å²) in [4.78, 5) is 3.92. The lowest BCUT2D eigenvalue weighted by molar-refractivity contribution is 0.329. The van der Waals surface area contributed by atoms with Gasteiger partial charge in [-0.2, -0.15) is 4.98 Å². The number of hydrogen-bond acceptors (Lipinski definition) is 3. The monoisotopic (exact) mass is 305 g/mol.